The summed E-state index contributed by atoms with van der Waals surface area (Å²) in [5, 5.41) is 14.9. The molecule has 0 spiro atoms. The third-order valence-corrected chi connectivity index (χ3v) is 4.16. The monoisotopic (exact) mass is 410 g/mol. The summed E-state index contributed by atoms with van der Waals surface area (Å²) < 4.78 is 11.1. The third-order valence-electron chi connectivity index (χ3n) is 3.96. The summed E-state index contributed by atoms with van der Waals surface area (Å²) in [6, 6.07) is 17.8. The Kier molecular flexibility index (Phi) is 6.64. The first-order chi connectivity index (χ1) is 13.9. The van der Waals surface area contributed by atoms with Crippen LogP contribution in [0.2, 0.25) is 0 Å². The Balaban J connectivity index is 1.56. The third kappa shape index (κ3) is 5.66. The molecule has 1 amide bonds. The van der Waals surface area contributed by atoms with Crippen molar-refractivity contribution in [3.8, 4) is 17.1 Å². The molecule has 0 saturated heterocycles. The quantitative estimate of drug-likeness (QED) is 0.524. The smallest absolute Gasteiger partial charge is 0.257 e. The van der Waals surface area contributed by atoms with Crippen LogP contribution >= 0.6 is 12.2 Å². The molecule has 7 heteroatoms. The van der Waals surface area contributed by atoms with Crippen LogP contribution in [0.3, 0.4) is 0 Å². The molecule has 2 aromatic carbocycles. The average molecular weight is 410 g/mol. The Morgan fingerprint density at radius 2 is 1.76 bits per heavy atom. The molecule has 0 unspecified atom stereocenters. The highest BCUT2D eigenvalue weighted by Gasteiger charge is 2.09. The number of anilines is 1. The van der Waals surface area contributed by atoms with Crippen LogP contribution in [0.5, 0.6) is 5.75 Å². The van der Waals surface area contributed by atoms with Crippen molar-refractivity contribution in [1.29, 1.82) is 0 Å². The Labute approximate surface area is 174 Å². The summed E-state index contributed by atoms with van der Waals surface area (Å²) in [4.78, 5) is 12.3. The van der Waals surface area contributed by atoms with Crippen molar-refractivity contribution in [3.63, 3.8) is 0 Å². The number of carbonyl (C=O) groups excluding carboxylic acids is 1. The fourth-order valence-corrected chi connectivity index (χ4v) is 2.84. The molecule has 1 aromatic heterocycles. The predicted octanol–water partition coefficient (Wildman–Crippen LogP) is 4.35. The van der Waals surface area contributed by atoms with Gasteiger partial charge in [-0.2, -0.15) is 0 Å². The van der Waals surface area contributed by atoms with Gasteiger partial charge in [0.25, 0.3) is 5.91 Å². The highest BCUT2D eigenvalue weighted by atomic mass is 32.1. The number of amides is 1. The molecule has 3 aromatic rings. The molecule has 0 fully saturated rings. The number of aliphatic hydroxyl groups is 1. The van der Waals surface area contributed by atoms with Gasteiger partial charge in [0.05, 0.1) is 6.10 Å². The maximum Gasteiger partial charge on any atom is 0.257 e. The molecule has 150 valence electrons. The van der Waals surface area contributed by atoms with Gasteiger partial charge in [-0.3, -0.25) is 10.1 Å². The van der Waals surface area contributed by atoms with Gasteiger partial charge < -0.3 is 19.6 Å². The second kappa shape index (κ2) is 9.36. The van der Waals surface area contributed by atoms with E-state index in [9.17, 15) is 4.79 Å². The minimum Gasteiger partial charge on any atom is -0.491 e. The van der Waals surface area contributed by atoms with E-state index in [1.807, 2.05) is 38.1 Å². The fraction of sp³-hybridized carbons (Fsp3) is 0.182. The first-order valence-electron chi connectivity index (χ1n) is 9.13. The normalized spacial score (nSPS) is 10.6. The van der Waals surface area contributed by atoms with E-state index < -0.39 is 0 Å². The molecule has 0 atom stereocenters. The number of furan rings is 1. The van der Waals surface area contributed by atoms with E-state index in [1.165, 1.54) is 0 Å². The maximum atomic E-state index is 12.3. The Hall–Kier alpha value is -3.16. The number of ether oxygens (including phenoxy) is 1. The predicted molar refractivity (Wildman–Crippen MR) is 116 cm³/mol. The Morgan fingerprint density at radius 3 is 2.34 bits per heavy atom. The van der Waals surface area contributed by atoms with Crippen molar-refractivity contribution in [1.82, 2.24) is 5.32 Å². The summed E-state index contributed by atoms with van der Waals surface area (Å²) in [7, 11) is 0. The van der Waals surface area contributed by atoms with Gasteiger partial charge in [0.1, 0.15) is 23.9 Å². The van der Waals surface area contributed by atoms with E-state index in [4.69, 9.17) is 26.5 Å². The molecule has 29 heavy (non-hydrogen) atoms. The van der Waals surface area contributed by atoms with E-state index in [1.54, 1.807) is 36.4 Å². The Morgan fingerprint density at radius 1 is 1.07 bits per heavy atom. The highest BCUT2D eigenvalue weighted by Crippen LogP contribution is 2.24. The van der Waals surface area contributed by atoms with Gasteiger partial charge in [0, 0.05) is 16.8 Å². The molecule has 0 radical (unpaired) electrons. The lowest BCUT2D eigenvalue weighted by atomic mass is 10.1. The Bertz CT molecular complexity index is 979. The number of hydrogen-bond acceptors (Lipinski definition) is 5. The second-order valence-electron chi connectivity index (χ2n) is 6.60. The number of benzene rings is 2. The largest absolute Gasteiger partial charge is 0.491 e. The first kappa shape index (κ1) is 20.6. The van der Waals surface area contributed by atoms with Crippen LogP contribution in [-0.2, 0) is 6.61 Å². The van der Waals surface area contributed by atoms with Crippen LogP contribution in [-0.4, -0.2) is 22.2 Å². The zero-order valence-electron chi connectivity index (χ0n) is 16.1. The molecule has 0 aliphatic rings. The lowest BCUT2D eigenvalue weighted by Crippen LogP contribution is -2.34. The summed E-state index contributed by atoms with van der Waals surface area (Å²) in [6.07, 6.45) is 0.0716. The molecular weight excluding hydrogens is 388 g/mol. The van der Waals surface area contributed by atoms with Crippen molar-refractivity contribution in [3.05, 3.63) is 72.0 Å². The van der Waals surface area contributed by atoms with Crippen LogP contribution in [0.4, 0.5) is 5.69 Å². The number of aliphatic hydroxyl groups excluding tert-OH is 1. The van der Waals surface area contributed by atoms with Gasteiger partial charge in [-0.05, 0) is 86.7 Å². The molecule has 0 saturated carbocycles. The van der Waals surface area contributed by atoms with Crippen LogP contribution in [0.1, 0.15) is 30.0 Å². The van der Waals surface area contributed by atoms with E-state index in [0.29, 0.717) is 22.8 Å². The minimum absolute atomic E-state index is 0.0716. The van der Waals surface area contributed by atoms with Gasteiger partial charge in [-0.1, -0.05) is 0 Å². The lowest BCUT2D eigenvalue weighted by Gasteiger charge is -2.11. The topological polar surface area (TPSA) is 83.7 Å². The van der Waals surface area contributed by atoms with Crippen LogP contribution < -0.4 is 15.4 Å². The maximum absolute atomic E-state index is 12.3. The standard InChI is InChI=1S/C22H22N2O4S/c1-14(2)27-18-9-5-16(6-10-18)21(26)24-22(29)23-17-7-3-15(4-8-17)20-12-11-19(13-25)28-20/h3-12,14,25H,13H2,1-2H3,(H2,23,24,26,29). The van der Waals surface area contributed by atoms with Crippen molar-refractivity contribution in [2.24, 2.45) is 0 Å². The zero-order chi connectivity index (χ0) is 20.8. The van der Waals surface area contributed by atoms with Crippen molar-refractivity contribution in [2.75, 3.05) is 5.32 Å². The first-order valence-corrected chi connectivity index (χ1v) is 9.54. The molecule has 3 N–H and O–H groups in total. The molecule has 3 rings (SSSR count). The number of thiocarbonyl (C=S) groups is 1. The number of hydrogen-bond donors (Lipinski definition) is 3. The molecule has 6 nitrogen and oxygen atoms in total. The van der Waals surface area contributed by atoms with E-state index in [0.717, 1.165) is 11.3 Å². The van der Waals surface area contributed by atoms with Gasteiger partial charge >= 0.3 is 0 Å². The number of nitrogens with one attached hydrogen (secondary N) is 2. The van der Waals surface area contributed by atoms with Gasteiger partial charge in [0.15, 0.2) is 5.11 Å². The summed E-state index contributed by atoms with van der Waals surface area (Å²) >= 11 is 5.23. The molecular formula is C22H22N2O4S. The average Bonchev–Trinajstić information content (AvgIpc) is 3.18. The SMILES string of the molecule is CC(C)Oc1ccc(C(=O)NC(=S)Nc2ccc(-c3ccc(CO)o3)cc2)cc1. The minimum atomic E-state index is -0.303. The van der Waals surface area contributed by atoms with Gasteiger partial charge in [0.2, 0.25) is 0 Å². The lowest BCUT2D eigenvalue weighted by molar-refractivity contribution is 0.0977. The van der Waals surface area contributed by atoms with Crippen molar-refractivity contribution < 1.29 is 19.1 Å². The molecule has 0 aliphatic carbocycles. The van der Waals surface area contributed by atoms with E-state index in [2.05, 4.69) is 10.6 Å². The van der Waals surface area contributed by atoms with E-state index in [-0.39, 0.29) is 23.7 Å². The molecule has 0 aliphatic heterocycles. The van der Waals surface area contributed by atoms with Crippen LogP contribution in [0.25, 0.3) is 11.3 Å². The second-order valence-corrected chi connectivity index (χ2v) is 7.01. The van der Waals surface area contributed by atoms with Gasteiger partial charge in [-0.25, -0.2) is 0 Å². The summed E-state index contributed by atoms with van der Waals surface area (Å²) in [5.74, 6) is 1.58. The number of rotatable bonds is 6. The fourth-order valence-electron chi connectivity index (χ4n) is 2.63. The number of carbonyl (C=O) groups is 1. The molecule has 1 heterocycles. The zero-order valence-corrected chi connectivity index (χ0v) is 17.0. The highest BCUT2D eigenvalue weighted by molar-refractivity contribution is 7.80. The van der Waals surface area contributed by atoms with Crippen molar-refractivity contribution >= 4 is 28.9 Å². The van der Waals surface area contributed by atoms with Crippen LogP contribution in [0, 0.1) is 0 Å². The van der Waals surface area contributed by atoms with E-state index >= 15 is 0 Å². The molecule has 0 bridgehead atoms. The van der Waals surface area contributed by atoms with Crippen molar-refractivity contribution in [2.45, 2.75) is 26.6 Å². The van der Waals surface area contributed by atoms with Gasteiger partial charge in [-0.15, -0.1) is 0 Å². The van der Waals surface area contributed by atoms with Crippen LogP contribution in [0.15, 0.2) is 65.1 Å². The summed E-state index contributed by atoms with van der Waals surface area (Å²) in [6.45, 7) is 3.75. The summed E-state index contributed by atoms with van der Waals surface area (Å²) in [5.41, 5.74) is 2.08.